The number of azo groups is 1. The third kappa shape index (κ3) is 2.83. The van der Waals surface area contributed by atoms with Crippen molar-refractivity contribution in [1.82, 2.24) is 9.38 Å². The molecule has 1 N–H and O–H groups in total. The van der Waals surface area contributed by atoms with Crippen LogP contribution in [0.5, 0.6) is 0 Å². The lowest BCUT2D eigenvalue weighted by molar-refractivity contribution is 0.0697. The zero-order valence-corrected chi connectivity index (χ0v) is 12.8. The molecule has 2 aromatic heterocycles. The normalized spacial score (nSPS) is 11.6. The van der Waals surface area contributed by atoms with Gasteiger partial charge in [0.15, 0.2) is 5.82 Å². The van der Waals surface area contributed by atoms with Gasteiger partial charge in [0, 0.05) is 6.20 Å². The second kappa shape index (κ2) is 6.00. The number of rotatable bonds is 4. The summed E-state index contributed by atoms with van der Waals surface area (Å²) < 4.78 is 1.85. The van der Waals surface area contributed by atoms with Crippen molar-refractivity contribution < 1.29 is 9.90 Å². The molecular weight excluding hydrogens is 292 g/mol. The maximum absolute atomic E-state index is 11.3. The van der Waals surface area contributed by atoms with E-state index in [1.807, 2.05) is 42.6 Å². The number of carbonyl (C=O) groups is 1. The van der Waals surface area contributed by atoms with Crippen LogP contribution in [0.3, 0.4) is 0 Å². The van der Waals surface area contributed by atoms with E-state index in [0.717, 1.165) is 11.3 Å². The molecular formula is C17H16N4O2. The quantitative estimate of drug-likeness (QED) is 0.717. The summed E-state index contributed by atoms with van der Waals surface area (Å²) in [5, 5.41) is 17.7. The molecule has 23 heavy (non-hydrogen) atoms. The van der Waals surface area contributed by atoms with Gasteiger partial charge in [-0.15, -0.1) is 10.2 Å². The summed E-state index contributed by atoms with van der Waals surface area (Å²) in [6.45, 7) is 4.07. The van der Waals surface area contributed by atoms with E-state index in [4.69, 9.17) is 0 Å². The number of nitrogens with zero attached hydrogens (tertiary/aromatic N) is 4. The summed E-state index contributed by atoms with van der Waals surface area (Å²) in [6, 6.07) is 12.2. The largest absolute Gasteiger partial charge is 0.478 e. The molecule has 116 valence electrons. The Bertz CT molecular complexity index is 896. The van der Waals surface area contributed by atoms with Crippen LogP contribution in [0.2, 0.25) is 0 Å². The van der Waals surface area contributed by atoms with Crippen LogP contribution in [0, 0.1) is 0 Å². The number of hydrogen-bond donors (Lipinski definition) is 1. The first-order chi connectivity index (χ1) is 11.1. The number of carboxylic acids is 1. The van der Waals surface area contributed by atoms with E-state index in [9.17, 15) is 9.90 Å². The predicted octanol–water partition coefficient (Wildman–Crippen LogP) is 4.57. The summed E-state index contributed by atoms with van der Waals surface area (Å²) in [6.07, 6.45) is 1.87. The van der Waals surface area contributed by atoms with Gasteiger partial charge < -0.3 is 5.11 Å². The van der Waals surface area contributed by atoms with Crippen LogP contribution in [0.15, 0.2) is 58.9 Å². The Morgan fingerprint density at radius 2 is 1.87 bits per heavy atom. The molecule has 6 nitrogen and oxygen atoms in total. The molecule has 0 aliphatic heterocycles. The first-order valence-corrected chi connectivity index (χ1v) is 7.29. The summed E-state index contributed by atoms with van der Waals surface area (Å²) >= 11 is 0. The highest BCUT2D eigenvalue weighted by molar-refractivity contribution is 5.93. The lowest BCUT2D eigenvalue weighted by Crippen LogP contribution is -1.95. The average Bonchev–Trinajstić information content (AvgIpc) is 2.92. The van der Waals surface area contributed by atoms with Crippen molar-refractivity contribution >= 4 is 23.1 Å². The second-order valence-electron chi connectivity index (χ2n) is 5.43. The number of benzene rings is 1. The fraction of sp³-hybridized carbons (Fsp3) is 0.176. The van der Waals surface area contributed by atoms with E-state index < -0.39 is 5.97 Å². The number of aromatic carboxylic acids is 1. The molecule has 3 rings (SSSR count). The van der Waals surface area contributed by atoms with Crippen molar-refractivity contribution in [2.24, 2.45) is 10.2 Å². The number of imidazole rings is 1. The Morgan fingerprint density at radius 3 is 2.61 bits per heavy atom. The molecule has 0 saturated carbocycles. The van der Waals surface area contributed by atoms with Gasteiger partial charge in [0.25, 0.3) is 0 Å². The molecule has 0 amide bonds. The topological polar surface area (TPSA) is 79.3 Å². The van der Waals surface area contributed by atoms with Gasteiger partial charge in [0.2, 0.25) is 0 Å². The van der Waals surface area contributed by atoms with Crippen LogP contribution in [0.4, 0.5) is 11.5 Å². The molecule has 0 aliphatic rings. The maximum Gasteiger partial charge on any atom is 0.337 e. The summed E-state index contributed by atoms with van der Waals surface area (Å²) in [4.78, 5) is 15.8. The highest BCUT2D eigenvalue weighted by Gasteiger charge is 2.15. The third-order valence-electron chi connectivity index (χ3n) is 3.46. The fourth-order valence-corrected chi connectivity index (χ4v) is 2.33. The smallest absolute Gasteiger partial charge is 0.337 e. The van der Waals surface area contributed by atoms with Gasteiger partial charge in [0.1, 0.15) is 11.3 Å². The van der Waals surface area contributed by atoms with Crippen LogP contribution in [0.25, 0.3) is 5.65 Å². The zero-order chi connectivity index (χ0) is 16.4. The van der Waals surface area contributed by atoms with E-state index in [1.54, 1.807) is 18.2 Å². The minimum Gasteiger partial charge on any atom is -0.478 e. The van der Waals surface area contributed by atoms with E-state index in [-0.39, 0.29) is 11.5 Å². The third-order valence-corrected chi connectivity index (χ3v) is 3.46. The highest BCUT2D eigenvalue weighted by Crippen LogP contribution is 2.30. The summed E-state index contributed by atoms with van der Waals surface area (Å²) in [5.74, 6) is -0.226. The summed E-state index contributed by atoms with van der Waals surface area (Å²) in [5.41, 5.74) is 2.06. The zero-order valence-electron chi connectivity index (χ0n) is 12.8. The summed E-state index contributed by atoms with van der Waals surface area (Å²) in [7, 11) is 0. The van der Waals surface area contributed by atoms with Crippen LogP contribution < -0.4 is 0 Å². The van der Waals surface area contributed by atoms with Gasteiger partial charge in [-0.2, -0.15) is 0 Å². The SMILES string of the molecule is CC(C)c1nc2ccccn2c1N=Nc1ccccc1C(=O)O. The van der Waals surface area contributed by atoms with Gasteiger partial charge in [-0.25, -0.2) is 9.78 Å². The van der Waals surface area contributed by atoms with Crippen LogP contribution in [0.1, 0.15) is 35.8 Å². The highest BCUT2D eigenvalue weighted by atomic mass is 16.4. The molecule has 0 saturated heterocycles. The Balaban J connectivity index is 2.11. The molecule has 0 atom stereocenters. The number of aromatic nitrogens is 2. The Hall–Kier alpha value is -3.02. The van der Waals surface area contributed by atoms with Crippen molar-refractivity contribution in [2.75, 3.05) is 0 Å². The molecule has 3 aromatic rings. The first-order valence-electron chi connectivity index (χ1n) is 7.29. The Kier molecular flexibility index (Phi) is 3.89. The van der Waals surface area contributed by atoms with Gasteiger partial charge in [-0.05, 0) is 30.2 Å². The molecule has 0 spiro atoms. The molecule has 0 radical (unpaired) electrons. The van der Waals surface area contributed by atoms with Crippen molar-refractivity contribution in [1.29, 1.82) is 0 Å². The van der Waals surface area contributed by atoms with Gasteiger partial charge in [-0.1, -0.05) is 32.0 Å². The number of fused-ring (bicyclic) bond motifs is 1. The fourth-order valence-electron chi connectivity index (χ4n) is 2.33. The van der Waals surface area contributed by atoms with E-state index >= 15 is 0 Å². The van der Waals surface area contributed by atoms with E-state index in [0.29, 0.717) is 11.5 Å². The monoisotopic (exact) mass is 308 g/mol. The van der Waals surface area contributed by atoms with Gasteiger partial charge in [-0.3, -0.25) is 4.40 Å². The number of pyridine rings is 1. The molecule has 1 aromatic carbocycles. The molecule has 0 bridgehead atoms. The van der Waals surface area contributed by atoms with Crippen molar-refractivity contribution in [2.45, 2.75) is 19.8 Å². The number of hydrogen-bond acceptors (Lipinski definition) is 4. The van der Waals surface area contributed by atoms with Crippen molar-refractivity contribution in [3.8, 4) is 0 Å². The van der Waals surface area contributed by atoms with Gasteiger partial charge in [0.05, 0.1) is 11.3 Å². The van der Waals surface area contributed by atoms with Gasteiger partial charge >= 0.3 is 5.97 Å². The molecule has 6 heteroatoms. The van der Waals surface area contributed by atoms with E-state index in [2.05, 4.69) is 15.2 Å². The number of carboxylic acid groups (broad SMARTS) is 1. The van der Waals surface area contributed by atoms with Crippen LogP contribution in [-0.2, 0) is 0 Å². The molecule has 2 heterocycles. The minimum atomic E-state index is -1.03. The maximum atomic E-state index is 11.3. The lowest BCUT2D eigenvalue weighted by Gasteiger charge is -2.02. The molecule has 0 aliphatic carbocycles. The van der Waals surface area contributed by atoms with E-state index in [1.165, 1.54) is 6.07 Å². The Morgan fingerprint density at radius 1 is 1.13 bits per heavy atom. The van der Waals surface area contributed by atoms with Crippen molar-refractivity contribution in [3.05, 3.63) is 59.9 Å². The van der Waals surface area contributed by atoms with Crippen LogP contribution >= 0.6 is 0 Å². The first kappa shape index (κ1) is 14.9. The predicted molar refractivity (Wildman–Crippen MR) is 86.9 cm³/mol. The Labute approximate surface area is 133 Å². The van der Waals surface area contributed by atoms with Crippen LogP contribution in [-0.4, -0.2) is 20.5 Å². The average molecular weight is 308 g/mol. The standard InChI is InChI=1S/C17H16N4O2/c1-11(2)15-16(21-10-6-5-9-14(21)18-15)20-19-13-8-4-3-7-12(13)17(22)23/h3-11H,1-2H3,(H,22,23). The van der Waals surface area contributed by atoms with Crippen molar-refractivity contribution in [3.63, 3.8) is 0 Å². The minimum absolute atomic E-state index is 0.121. The lowest BCUT2D eigenvalue weighted by atomic mass is 10.1. The second-order valence-corrected chi connectivity index (χ2v) is 5.43. The molecule has 0 fully saturated rings. The molecule has 0 unspecified atom stereocenters.